The highest BCUT2D eigenvalue weighted by Gasteiger charge is 2.23. The third kappa shape index (κ3) is 3.12. The van der Waals surface area contributed by atoms with Crippen molar-refractivity contribution in [3.8, 4) is 17.6 Å². The van der Waals surface area contributed by atoms with E-state index in [1.54, 1.807) is 0 Å². The fourth-order valence-corrected chi connectivity index (χ4v) is 2.32. The molecular formula is C15H14ClNO3. The number of esters is 1. The van der Waals surface area contributed by atoms with Gasteiger partial charge in [0.05, 0.1) is 29.7 Å². The average Bonchev–Trinajstić information content (AvgIpc) is 2.49. The quantitative estimate of drug-likeness (QED) is 0.486. The zero-order valence-corrected chi connectivity index (χ0v) is 11.8. The van der Waals surface area contributed by atoms with E-state index in [1.165, 1.54) is 19.2 Å². The Labute approximate surface area is 122 Å². The molecule has 0 fully saturated rings. The van der Waals surface area contributed by atoms with Gasteiger partial charge < -0.3 is 9.47 Å². The molecule has 0 spiro atoms. The molecule has 1 aromatic rings. The number of nitriles is 1. The Bertz CT molecular complexity index is 590. The van der Waals surface area contributed by atoms with E-state index in [0.717, 1.165) is 12.8 Å². The second-order valence-electron chi connectivity index (χ2n) is 4.50. The van der Waals surface area contributed by atoms with Crippen LogP contribution in [-0.2, 0) is 4.79 Å². The van der Waals surface area contributed by atoms with Crippen LogP contribution in [0.2, 0.25) is 5.02 Å². The second kappa shape index (κ2) is 6.44. The highest BCUT2D eigenvalue weighted by atomic mass is 35.5. The molecule has 0 bridgehead atoms. The highest BCUT2D eigenvalue weighted by molar-refractivity contribution is 6.32. The molecule has 0 aromatic heterocycles. The van der Waals surface area contributed by atoms with E-state index in [9.17, 15) is 4.79 Å². The standard InChI is InChI=1S/C15H14ClNO3/c1-19-13-8-10(9-17)7-12(16)14(13)20-15(18)11-5-3-2-4-6-11/h2-3,7-8,11H,4-6H2,1H3/t11-/m0/s1. The highest BCUT2D eigenvalue weighted by Crippen LogP contribution is 2.37. The van der Waals surface area contributed by atoms with E-state index in [2.05, 4.69) is 6.08 Å². The molecular weight excluding hydrogens is 278 g/mol. The van der Waals surface area contributed by atoms with Crippen molar-refractivity contribution in [3.63, 3.8) is 0 Å². The SMILES string of the molecule is COc1cc(C#N)cc(Cl)c1OC(=O)[C@H]1CC=CCC1. The van der Waals surface area contributed by atoms with Gasteiger partial charge in [0, 0.05) is 6.07 Å². The number of methoxy groups -OCH3 is 1. The summed E-state index contributed by atoms with van der Waals surface area (Å²) in [6.45, 7) is 0. The first kappa shape index (κ1) is 14.4. The Morgan fingerprint density at radius 3 is 2.85 bits per heavy atom. The Morgan fingerprint density at radius 2 is 2.25 bits per heavy atom. The minimum absolute atomic E-state index is 0.156. The first-order valence-electron chi connectivity index (χ1n) is 6.30. The molecule has 1 aliphatic carbocycles. The Balaban J connectivity index is 2.22. The van der Waals surface area contributed by atoms with Crippen LogP contribution in [0.5, 0.6) is 11.5 Å². The smallest absolute Gasteiger partial charge is 0.314 e. The van der Waals surface area contributed by atoms with Crippen LogP contribution < -0.4 is 9.47 Å². The Hall–Kier alpha value is -1.99. The fraction of sp³-hybridized carbons (Fsp3) is 0.333. The van der Waals surface area contributed by atoms with E-state index in [0.29, 0.717) is 12.0 Å². The molecule has 20 heavy (non-hydrogen) atoms. The molecule has 1 aliphatic rings. The lowest BCUT2D eigenvalue weighted by molar-refractivity contribution is -0.139. The topological polar surface area (TPSA) is 59.3 Å². The lowest BCUT2D eigenvalue weighted by Gasteiger charge is -2.18. The average molecular weight is 292 g/mol. The van der Waals surface area contributed by atoms with E-state index in [-0.39, 0.29) is 28.4 Å². The predicted octanol–water partition coefficient (Wildman–Crippen LogP) is 3.48. The van der Waals surface area contributed by atoms with Crippen LogP contribution in [0.15, 0.2) is 24.3 Å². The fourth-order valence-electron chi connectivity index (χ4n) is 2.08. The van der Waals surface area contributed by atoms with Gasteiger partial charge in [0.1, 0.15) is 0 Å². The van der Waals surface area contributed by atoms with Gasteiger partial charge in [-0.15, -0.1) is 0 Å². The lowest BCUT2D eigenvalue weighted by Crippen LogP contribution is -2.21. The molecule has 0 N–H and O–H groups in total. The molecule has 0 heterocycles. The van der Waals surface area contributed by atoms with Gasteiger partial charge in [0.15, 0.2) is 11.5 Å². The zero-order valence-electron chi connectivity index (χ0n) is 11.1. The summed E-state index contributed by atoms with van der Waals surface area (Å²) < 4.78 is 10.5. The second-order valence-corrected chi connectivity index (χ2v) is 4.91. The summed E-state index contributed by atoms with van der Waals surface area (Å²) in [5.41, 5.74) is 0.354. The van der Waals surface area contributed by atoms with Crippen molar-refractivity contribution in [3.05, 3.63) is 34.9 Å². The number of hydrogen-bond donors (Lipinski definition) is 0. The molecule has 0 saturated heterocycles. The first-order chi connectivity index (χ1) is 9.65. The van der Waals surface area contributed by atoms with Crippen LogP contribution >= 0.6 is 11.6 Å². The molecule has 0 unspecified atom stereocenters. The molecule has 1 atom stereocenters. The van der Waals surface area contributed by atoms with E-state index in [1.807, 2.05) is 12.1 Å². The summed E-state index contributed by atoms with van der Waals surface area (Å²) in [6, 6.07) is 4.92. The van der Waals surface area contributed by atoms with Gasteiger partial charge >= 0.3 is 5.97 Å². The number of hydrogen-bond acceptors (Lipinski definition) is 4. The van der Waals surface area contributed by atoms with Gasteiger partial charge in [0.25, 0.3) is 0 Å². The summed E-state index contributed by atoms with van der Waals surface area (Å²) in [4.78, 5) is 12.1. The van der Waals surface area contributed by atoms with E-state index >= 15 is 0 Å². The van der Waals surface area contributed by atoms with Crippen molar-refractivity contribution >= 4 is 17.6 Å². The van der Waals surface area contributed by atoms with Gasteiger partial charge in [-0.25, -0.2) is 0 Å². The Kier molecular flexibility index (Phi) is 4.65. The predicted molar refractivity (Wildman–Crippen MR) is 74.8 cm³/mol. The van der Waals surface area contributed by atoms with Crippen LogP contribution in [0, 0.1) is 17.2 Å². The first-order valence-corrected chi connectivity index (χ1v) is 6.68. The molecule has 0 aliphatic heterocycles. The summed E-state index contributed by atoms with van der Waals surface area (Å²) >= 11 is 6.05. The van der Waals surface area contributed by atoms with Crippen molar-refractivity contribution in [1.29, 1.82) is 5.26 Å². The number of nitrogens with zero attached hydrogens (tertiary/aromatic N) is 1. The number of ether oxygens (including phenoxy) is 2. The van der Waals surface area contributed by atoms with Crippen molar-refractivity contribution in [2.45, 2.75) is 19.3 Å². The minimum atomic E-state index is -0.320. The number of rotatable bonds is 3. The maximum absolute atomic E-state index is 12.1. The molecule has 5 heteroatoms. The maximum atomic E-state index is 12.1. The van der Waals surface area contributed by atoms with Crippen molar-refractivity contribution in [2.24, 2.45) is 5.92 Å². The summed E-state index contributed by atoms with van der Waals surface area (Å²) in [7, 11) is 1.44. The molecule has 0 radical (unpaired) electrons. The third-order valence-corrected chi connectivity index (χ3v) is 3.44. The largest absolute Gasteiger partial charge is 0.493 e. The molecule has 2 rings (SSSR count). The molecule has 1 aromatic carbocycles. The van der Waals surface area contributed by atoms with E-state index < -0.39 is 0 Å². The van der Waals surface area contributed by atoms with Crippen molar-refractivity contribution in [1.82, 2.24) is 0 Å². The van der Waals surface area contributed by atoms with Gasteiger partial charge in [-0.05, 0) is 25.3 Å². The minimum Gasteiger partial charge on any atom is -0.493 e. The zero-order chi connectivity index (χ0) is 14.5. The van der Waals surface area contributed by atoms with Gasteiger partial charge in [-0.2, -0.15) is 5.26 Å². The number of allylic oxidation sites excluding steroid dienone is 2. The van der Waals surface area contributed by atoms with Crippen LogP contribution in [-0.4, -0.2) is 13.1 Å². The normalized spacial score (nSPS) is 17.4. The van der Waals surface area contributed by atoms with Gasteiger partial charge in [0.2, 0.25) is 0 Å². The third-order valence-electron chi connectivity index (χ3n) is 3.16. The molecule has 0 amide bonds. The van der Waals surface area contributed by atoms with Crippen molar-refractivity contribution in [2.75, 3.05) is 7.11 Å². The van der Waals surface area contributed by atoms with Crippen LogP contribution in [0.1, 0.15) is 24.8 Å². The Morgan fingerprint density at radius 1 is 1.45 bits per heavy atom. The molecule has 4 nitrogen and oxygen atoms in total. The van der Waals surface area contributed by atoms with Gasteiger partial charge in [-0.1, -0.05) is 23.8 Å². The number of benzene rings is 1. The number of halogens is 1. The summed E-state index contributed by atoms with van der Waals surface area (Å²) in [5.74, 6) is -0.0165. The van der Waals surface area contributed by atoms with E-state index in [4.69, 9.17) is 26.3 Å². The number of carbonyl (C=O) groups is 1. The maximum Gasteiger partial charge on any atom is 0.314 e. The van der Waals surface area contributed by atoms with Crippen molar-refractivity contribution < 1.29 is 14.3 Å². The molecule has 104 valence electrons. The van der Waals surface area contributed by atoms with Crippen LogP contribution in [0.4, 0.5) is 0 Å². The monoisotopic (exact) mass is 291 g/mol. The summed E-state index contributed by atoms with van der Waals surface area (Å²) in [6.07, 6.45) is 6.35. The lowest BCUT2D eigenvalue weighted by atomic mass is 9.95. The summed E-state index contributed by atoms with van der Waals surface area (Å²) in [5, 5.41) is 9.07. The number of carbonyl (C=O) groups excluding carboxylic acids is 1. The molecule has 0 saturated carbocycles. The van der Waals surface area contributed by atoms with Gasteiger partial charge in [-0.3, -0.25) is 4.79 Å². The van der Waals surface area contributed by atoms with Crippen LogP contribution in [0.3, 0.4) is 0 Å². The van der Waals surface area contributed by atoms with Crippen LogP contribution in [0.25, 0.3) is 0 Å².